The first-order valence-corrected chi connectivity index (χ1v) is 9.08. The van der Waals surface area contributed by atoms with E-state index in [-0.39, 0.29) is 12.8 Å². The van der Waals surface area contributed by atoms with E-state index in [4.69, 9.17) is 14.2 Å². The minimum Gasteiger partial charge on any atom is -0.493 e. The zero-order chi connectivity index (χ0) is 22.2. The Morgan fingerprint density at radius 2 is 1.69 bits per heavy atom. The Hall–Kier alpha value is -2.97. The van der Waals surface area contributed by atoms with Crippen molar-refractivity contribution in [1.29, 1.82) is 0 Å². The van der Waals surface area contributed by atoms with Gasteiger partial charge in [-0.05, 0) is 39.3 Å². The zero-order valence-electron chi connectivity index (χ0n) is 18.0. The fourth-order valence-corrected chi connectivity index (χ4v) is 2.47. The molecule has 0 aliphatic heterocycles. The maximum absolute atomic E-state index is 13.0. The number of methoxy groups -OCH3 is 3. The zero-order valence-corrected chi connectivity index (χ0v) is 18.0. The van der Waals surface area contributed by atoms with Gasteiger partial charge in [-0.1, -0.05) is 0 Å². The Morgan fingerprint density at radius 3 is 2.21 bits per heavy atom. The van der Waals surface area contributed by atoms with Gasteiger partial charge in [0.2, 0.25) is 5.91 Å². The van der Waals surface area contributed by atoms with Gasteiger partial charge in [0, 0.05) is 25.2 Å². The summed E-state index contributed by atoms with van der Waals surface area (Å²) in [4.78, 5) is 38.1. The molecule has 9 heteroatoms. The van der Waals surface area contributed by atoms with Crippen LogP contribution >= 0.6 is 0 Å². The minimum atomic E-state index is -0.984. The van der Waals surface area contributed by atoms with Crippen LogP contribution in [0, 0.1) is 0 Å². The number of hydrogen-bond donors (Lipinski definition) is 1. The maximum atomic E-state index is 13.0. The number of carbonyl (C=O) groups excluding carboxylic acids is 3. The van der Waals surface area contributed by atoms with E-state index in [9.17, 15) is 14.4 Å². The van der Waals surface area contributed by atoms with Gasteiger partial charge in [0.15, 0.2) is 11.5 Å². The van der Waals surface area contributed by atoms with Crippen molar-refractivity contribution in [2.75, 3.05) is 33.3 Å². The highest BCUT2D eigenvalue weighted by Crippen LogP contribution is 2.31. The second kappa shape index (κ2) is 10.5. The van der Waals surface area contributed by atoms with Crippen LogP contribution in [0.1, 0.15) is 33.6 Å². The van der Waals surface area contributed by atoms with Gasteiger partial charge in [0.05, 0.1) is 21.3 Å². The van der Waals surface area contributed by atoms with Gasteiger partial charge in [-0.3, -0.25) is 9.59 Å². The normalized spacial score (nSPS) is 11.8. The molecule has 1 N–H and O–H groups in total. The van der Waals surface area contributed by atoms with Gasteiger partial charge in [-0.25, -0.2) is 4.79 Å². The van der Waals surface area contributed by atoms with Crippen LogP contribution in [-0.2, 0) is 19.1 Å². The Morgan fingerprint density at radius 1 is 1.07 bits per heavy atom. The quantitative estimate of drug-likeness (QED) is 0.657. The van der Waals surface area contributed by atoms with Gasteiger partial charge in [-0.2, -0.15) is 0 Å². The van der Waals surface area contributed by atoms with Crippen LogP contribution in [0.3, 0.4) is 0 Å². The third-order valence-electron chi connectivity index (χ3n) is 3.94. The number of carbonyl (C=O) groups is 3. The van der Waals surface area contributed by atoms with Crippen molar-refractivity contribution in [2.24, 2.45) is 0 Å². The molecule has 0 aromatic heterocycles. The number of nitrogens with one attached hydrogen (secondary N) is 1. The summed E-state index contributed by atoms with van der Waals surface area (Å²) in [7, 11) is 5.83. The van der Waals surface area contributed by atoms with Gasteiger partial charge < -0.3 is 29.2 Å². The number of amides is 2. The molecule has 0 saturated carbocycles. The Balaban J connectivity index is 3.04. The smallest absolute Gasteiger partial charge is 0.408 e. The fraction of sp³-hybridized carbons (Fsp3) is 0.550. The van der Waals surface area contributed by atoms with Crippen molar-refractivity contribution < 1.29 is 33.3 Å². The average Bonchev–Trinajstić information content (AvgIpc) is 2.67. The number of hydrogen-bond acceptors (Lipinski definition) is 7. The molecular formula is C20H30N2O7. The first-order chi connectivity index (χ1) is 13.5. The van der Waals surface area contributed by atoms with Gasteiger partial charge in [0.1, 0.15) is 11.6 Å². The van der Waals surface area contributed by atoms with Crippen molar-refractivity contribution in [1.82, 2.24) is 5.32 Å². The van der Waals surface area contributed by atoms with Crippen LogP contribution in [0.4, 0.5) is 10.5 Å². The average molecular weight is 410 g/mol. The topological polar surface area (TPSA) is 103 Å². The van der Waals surface area contributed by atoms with E-state index in [1.807, 2.05) is 0 Å². The van der Waals surface area contributed by atoms with Crippen LogP contribution in [0.25, 0.3) is 0 Å². The lowest BCUT2D eigenvalue weighted by atomic mass is 10.1. The van der Waals surface area contributed by atoms with E-state index in [2.05, 4.69) is 10.1 Å². The second-order valence-corrected chi connectivity index (χ2v) is 7.25. The molecule has 162 valence electrons. The molecule has 1 rings (SSSR count). The number of nitrogens with zero attached hydrogens (tertiary/aromatic N) is 1. The van der Waals surface area contributed by atoms with Crippen LogP contribution in [-0.4, -0.2) is 58.0 Å². The van der Waals surface area contributed by atoms with E-state index in [1.165, 1.54) is 26.2 Å². The highest BCUT2D eigenvalue weighted by Gasteiger charge is 2.28. The van der Waals surface area contributed by atoms with Crippen molar-refractivity contribution in [2.45, 2.75) is 45.3 Å². The number of benzene rings is 1. The van der Waals surface area contributed by atoms with Crippen LogP contribution < -0.4 is 19.7 Å². The van der Waals surface area contributed by atoms with Crippen LogP contribution in [0.2, 0.25) is 0 Å². The fourth-order valence-electron chi connectivity index (χ4n) is 2.47. The van der Waals surface area contributed by atoms with Crippen molar-refractivity contribution in [3.8, 4) is 11.5 Å². The number of likely N-dealkylation sites (N-methyl/N-ethyl adjacent to an activating group) is 1. The standard InChI is InChI=1S/C20H30N2O7/c1-20(2,3)29-19(25)21-14(9-11-17(23)28-7)18(24)22(4)13-8-10-15(26-5)16(12-13)27-6/h8,10,12,14H,9,11H2,1-7H3,(H,21,25). The largest absolute Gasteiger partial charge is 0.493 e. The van der Waals surface area contributed by atoms with Gasteiger partial charge in [-0.15, -0.1) is 0 Å². The number of esters is 1. The summed E-state index contributed by atoms with van der Waals surface area (Å²) in [5.74, 6) is 0.0663. The molecule has 1 aromatic rings. The number of ether oxygens (including phenoxy) is 4. The molecule has 0 spiro atoms. The molecule has 0 fully saturated rings. The Labute approximate surface area is 171 Å². The molecule has 0 radical (unpaired) electrons. The van der Waals surface area contributed by atoms with E-state index in [0.717, 1.165) is 0 Å². The number of alkyl carbamates (subject to hydrolysis) is 1. The molecule has 0 aliphatic rings. The van der Waals surface area contributed by atoms with Crippen LogP contribution in [0.15, 0.2) is 18.2 Å². The molecule has 9 nitrogen and oxygen atoms in total. The number of rotatable bonds is 8. The molecule has 29 heavy (non-hydrogen) atoms. The SMILES string of the molecule is COC(=O)CCC(NC(=O)OC(C)(C)C)C(=O)N(C)c1ccc(OC)c(OC)c1. The van der Waals surface area contributed by atoms with Crippen LogP contribution in [0.5, 0.6) is 11.5 Å². The molecule has 1 unspecified atom stereocenters. The maximum Gasteiger partial charge on any atom is 0.408 e. The lowest BCUT2D eigenvalue weighted by molar-refractivity contribution is -0.140. The Kier molecular flexibility index (Phi) is 8.75. The summed E-state index contributed by atoms with van der Waals surface area (Å²) in [6, 6.07) is 4.01. The van der Waals surface area contributed by atoms with E-state index in [1.54, 1.807) is 46.0 Å². The lowest BCUT2D eigenvalue weighted by Crippen LogP contribution is -2.49. The lowest BCUT2D eigenvalue weighted by Gasteiger charge is -2.26. The first-order valence-electron chi connectivity index (χ1n) is 9.08. The van der Waals surface area contributed by atoms with E-state index in [0.29, 0.717) is 17.2 Å². The molecule has 2 amide bonds. The third kappa shape index (κ3) is 7.52. The summed E-state index contributed by atoms with van der Waals surface area (Å²) in [5.41, 5.74) is -0.198. The molecule has 1 aromatic carbocycles. The van der Waals surface area contributed by atoms with E-state index >= 15 is 0 Å². The van der Waals surface area contributed by atoms with Gasteiger partial charge >= 0.3 is 12.1 Å². The van der Waals surface area contributed by atoms with Gasteiger partial charge in [0.25, 0.3) is 0 Å². The summed E-state index contributed by atoms with van der Waals surface area (Å²) in [6.07, 6.45) is -0.730. The molecule has 0 bridgehead atoms. The Bertz CT molecular complexity index is 728. The highest BCUT2D eigenvalue weighted by atomic mass is 16.6. The highest BCUT2D eigenvalue weighted by molar-refractivity contribution is 5.98. The van der Waals surface area contributed by atoms with Crippen molar-refractivity contribution in [3.63, 3.8) is 0 Å². The first kappa shape index (κ1) is 24.1. The summed E-state index contributed by atoms with van der Waals surface area (Å²) in [5, 5.41) is 2.54. The molecular weight excluding hydrogens is 380 g/mol. The molecule has 0 heterocycles. The number of anilines is 1. The molecule has 1 atom stereocenters. The predicted octanol–water partition coefficient (Wildman–Crippen LogP) is 2.51. The van der Waals surface area contributed by atoms with Crippen molar-refractivity contribution >= 4 is 23.7 Å². The summed E-state index contributed by atoms with van der Waals surface area (Å²) >= 11 is 0. The molecule has 0 aliphatic carbocycles. The predicted molar refractivity (Wildman–Crippen MR) is 107 cm³/mol. The monoisotopic (exact) mass is 410 g/mol. The minimum absolute atomic E-state index is 0.0392. The third-order valence-corrected chi connectivity index (χ3v) is 3.94. The molecule has 0 saturated heterocycles. The summed E-state index contributed by atoms with van der Waals surface area (Å²) in [6.45, 7) is 5.15. The van der Waals surface area contributed by atoms with Crippen molar-refractivity contribution in [3.05, 3.63) is 18.2 Å². The second-order valence-electron chi connectivity index (χ2n) is 7.25. The van der Waals surface area contributed by atoms with E-state index < -0.39 is 29.6 Å². The summed E-state index contributed by atoms with van der Waals surface area (Å²) < 4.78 is 20.3.